The molecule has 1 unspecified atom stereocenters. The van der Waals surface area contributed by atoms with Crippen LogP contribution < -0.4 is 11.1 Å². The number of nitrogens with two attached hydrogens (primary N) is 1. The quantitative estimate of drug-likeness (QED) is 0.576. The van der Waals surface area contributed by atoms with Gasteiger partial charge in [0.15, 0.2) is 0 Å². The van der Waals surface area contributed by atoms with Gasteiger partial charge in [-0.3, -0.25) is 4.79 Å². The van der Waals surface area contributed by atoms with Crippen LogP contribution in [-0.4, -0.2) is 35.6 Å². The van der Waals surface area contributed by atoms with Crippen molar-refractivity contribution in [2.75, 3.05) is 6.54 Å². The van der Waals surface area contributed by atoms with E-state index < -0.39 is 57.7 Å². The molecule has 4 fully saturated rings. The molecule has 1 aromatic rings. The predicted molar refractivity (Wildman–Crippen MR) is 87.1 cm³/mol. The molecule has 4 aliphatic rings. The fraction of sp³-hybridized carbons (Fsp3) is 0.529. The van der Waals surface area contributed by atoms with Crippen molar-refractivity contribution in [2.24, 2.45) is 16.6 Å². The lowest BCUT2D eigenvalue weighted by molar-refractivity contribution is -0.375. The molecule has 5 nitrogen and oxygen atoms in total. The van der Waals surface area contributed by atoms with E-state index in [0.717, 1.165) is 17.0 Å². The summed E-state index contributed by atoms with van der Waals surface area (Å²) in [5.41, 5.74) is 2.16. The molecule has 3 N–H and O–H groups in total. The molecule has 11 heteroatoms. The zero-order valence-corrected chi connectivity index (χ0v) is 15.0. The lowest BCUT2D eigenvalue weighted by Crippen LogP contribution is -2.71. The van der Waals surface area contributed by atoms with E-state index in [1.165, 1.54) is 0 Å². The van der Waals surface area contributed by atoms with E-state index >= 15 is 0 Å². The van der Waals surface area contributed by atoms with Gasteiger partial charge in [-0.25, -0.2) is 13.6 Å². The summed E-state index contributed by atoms with van der Waals surface area (Å²) in [4.78, 5) is 24.9. The fourth-order valence-electron chi connectivity index (χ4n) is 4.98. The Morgan fingerprint density at radius 1 is 1.29 bits per heavy atom. The Morgan fingerprint density at radius 3 is 2.39 bits per heavy atom. The number of hydrogen-bond donors (Lipinski definition) is 2. The van der Waals surface area contributed by atoms with E-state index in [-0.39, 0.29) is 31.4 Å². The summed E-state index contributed by atoms with van der Waals surface area (Å²) in [6.45, 7) is -0.228. The fourth-order valence-corrected chi connectivity index (χ4v) is 5.15. The Morgan fingerprint density at radius 2 is 1.89 bits per heavy atom. The van der Waals surface area contributed by atoms with Crippen molar-refractivity contribution in [3.05, 3.63) is 34.4 Å². The van der Waals surface area contributed by atoms with E-state index in [1.807, 2.05) is 0 Å². The number of nitrogens with one attached hydrogen (secondary N) is 1. The van der Waals surface area contributed by atoms with Gasteiger partial charge in [0.25, 0.3) is 0 Å². The summed E-state index contributed by atoms with van der Waals surface area (Å²) in [6, 6.07) is -0.957. The number of halogens is 6. The first kappa shape index (κ1) is 19.2. The van der Waals surface area contributed by atoms with Gasteiger partial charge in [-0.05, 0) is 30.7 Å². The van der Waals surface area contributed by atoms with Gasteiger partial charge < -0.3 is 16.0 Å². The van der Waals surface area contributed by atoms with Crippen LogP contribution in [0.1, 0.15) is 30.9 Å². The van der Waals surface area contributed by atoms with E-state index in [1.54, 1.807) is 0 Å². The molecule has 0 radical (unpaired) electrons. The molecule has 1 heterocycles. The van der Waals surface area contributed by atoms with Crippen molar-refractivity contribution in [3.8, 4) is 0 Å². The van der Waals surface area contributed by atoms with Crippen molar-refractivity contribution in [3.63, 3.8) is 0 Å². The standard InChI is InChI=1S/C17H15ClF5N3O2/c18-10-8(19)2-1-7(11(10)20)12(26-3-9(13(24)27)25-14(26)28)15-4-16(5-15,6-15)17(21,22)23/h1-2,9,12H,3-6H2,(H2,24,27)(H,25,28)/t9?,12-,15?,16?/m1/s1. The molecule has 28 heavy (non-hydrogen) atoms. The summed E-state index contributed by atoms with van der Waals surface area (Å²) in [5.74, 6) is -2.98. The van der Waals surface area contributed by atoms with Gasteiger partial charge in [0.2, 0.25) is 5.91 Å². The number of urea groups is 1. The summed E-state index contributed by atoms with van der Waals surface area (Å²) >= 11 is 5.65. The van der Waals surface area contributed by atoms with Crippen molar-refractivity contribution in [1.29, 1.82) is 0 Å². The molecule has 1 aliphatic heterocycles. The van der Waals surface area contributed by atoms with Crippen LogP contribution in [0.4, 0.5) is 26.7 Å². The second kappa shape index (κ2) is 5.71. The van der Waals surface area contributed by atoms with Crippen LogP contribution in [0.5, 0.6) is 0 Å². The van der Waals surface area contributed by atoms with Crippen LogP contribution in [0.3, 0.4) is 0 Å². The SMILES string of the molecule is NC(=O)C1CN([C@H](c2ccc(F)c(Cl)c2F)C23CC(C(F)(F)F)(C2)C3)C(=O)N1. The number of amides is 3. The number of benzene rings is 1. The van der Waals surface area contributed by atoms with Crippen LogP contribution in [-0.2, 0) is 4.79 Å². The molecule has 3 aliphatic carbocycles. The maximum absolute atomic E-state index is 14.7. The first-order valence-corrected chi connectivity index (χ1v) is 8.85. The van der Waals surface area contributed by atoms with Crippen molar-refractivity contribution >= 4 is 23.5 Å². The second-order valence-electron chi connectivity index (χ2n) is 7.89. The normalized spacial score (nSPS) is 32.4. The average Bonchev–Trinajstić information content (AvgIpc) is 2.88. The predicted octanol–water partition coefficient (Wildman–Crippen LogP) is 3.27. The lowest BCUT2D eigenvalue weighted by Gasteiger charge is -2.73. The largest absolute Gasteiger partial charge is 0.394 e. The molecule has 1 aromatic carbocycles. The molecule has 1 saturated heterocycles. The number of hydrogen-bond acceptors (Lipinski definition) is 2. The highest BCUT2D eigenvalue weighted by Gasteiger charge is 2.81. The Labute approximate surface area is 161 Å². The van der Waals surface area contributed by atoms with Gasteiger partial charge in [-0.15, -0.1) is 0 Å². The molecule has 3 amide bonds. The van der Waals surface area contributed by atoms with Crippen LogP contribution in [0.25, 0.3) is 0 Å². The molecule has 0 aromatic heterocycles. The number of carbonyl (C=O) groups is 2. The third-order valence-corrected chi connectivity index (χ3v) is 6.55. The third-order valence-electron chi connectivity index (χ3n) is 6.21. The third kappa shape index (κ3) is 2.42. The topological polar surface area (TPSA) is 75.4 Å². The zero-order valence-electron chi connectivity index (χ0n) is 14.2. The minimum Gasteiger partial charge on any atom is -0.368 e. The minimum absolute atomic E-state index is 0.179. The summed E-state index contributed by atoms with van der Waals surface area (Å²) in [7, 11) is 0. The lowest BCUT2D eigenvalue weighted by atomic mass is 9.32. The van der Waals surface area contributed by atoms with Gasteiger partial charge in [0.05, 0.1) is 18.0 Å². The van der Waals surface area contributed by atoms with Gasteiger partial charge >= 0.3 is 12.2 Å². The molecule has 2 bridgehead atoms. The molecule has 5 rings (SSSR count). The Bertz CT molecular complexity index is 871. The van der Waals surface area contributed by atoms with Crippen LogP contribution in [0, 0.1) is 22.5 Å². The number of rotatable bonds is 4. The van der Waals surface area contributed by atoms with Gasteiger partial charge in [-0.2, -0.15) is 13.2 Å². The monoisotopic (exact) mass is 423 g/mol. The van der Waals surface area contributed by atoms with Gasteiger partial charge in [0.1, 0.15) is 22.7 Å². The molecule has 2 atom stereocenters. The molecular weight excluding hydrogens is 409 g/mol. The Balaban J connectivity index is 1.74. The second-order valence-corrected chi connectivity index (χ2v) is 8.27. The van der Waals surface area contributed by atoms with E-state index in [2.05, 4.69) is 5.32 Å². The highest BCUT2D eigenvalue weighted by molar-refractivity contribution is 6.31. The number of carbonyl (C=O) groups excluding carboxylic acids is 2. The summed E-state index contributed by atoms with van der Waals surface area (Å²) in [5, 5.41) is 1.54. The highest BCUT2D eigenvalue weighted by atomic mass is 35.5. The van der Waals surface area contributed by atoms with Crippen molar-refractivity contribution in [2.45, 2.75) is 37.5 Å². The molecule has 0 spiro atoms. The first-order valence-electron chi connectivity index (χ1n) is 8.47. The molecule has 3 saturated carbocycles. The maximum atomic E-state index is 14.7. The average molecular weight is 424 g/mol. The van der Waals surface area contributed by atoms with Crippen molar-refractivity contribution < 1.29 is 31.5 Å². The summed E-state index contributed by atoms with van der Waals surface area (Å²) in [6.07, 6.45) is -5.25. The van der Waals surface area contributed by atoms with E-state index in [0.29, 0.717) is 0 Å². The highest BCUT2D eigenvalue weighted by Crippen LogP contribution is 2.82. The Kier molecular flexibility index (Phi) is 3.92. The number of alkyl halides is 3. The van der Waals surface area contributed by atoms with Crippen LogP contribution in [0.2, 0.25) is 5.02 Å². The van der Waals surface area contributed by atoms with E-state index in [9.17, 15) is 31.5 Å². The summed E-state index contributed by atoms with van der Waals surface area (Å²) < 4.78 is 68.2. The molecular formula is C17H15ClF5N3O2. The number of nitrogens with zero attached hydrogens (tertiary/aromatic N) is 1. The van der Waals surface area contributed by atoms with Crippen molar-refractivity contribution in [1.82, 2.24) is 10.2 Å². The maximum Gasteiger partial charge on any atom is 0.394 e. The van der Waals surface area contributed by atoms with Crippen LogP contribution >= 0.6 is 11.6 Å². The minimum atomic E-state index is -4.40. The van der Waals surface area contributed by atoms with Gasteiger partial charge in [-0.1, -0.05) is 17.7 Å². The molecule has 152 valence electrons. The number of primary amides is 1. The van der Waals surface area contributed by atoms with Crippen LogP contribution in [0.15, 0.2) is 12.1 Å². The Hall–Kier alpha value is -2.10. The van der Waals surface area contributed by atoms with E-state index in [4.69, 9.17) is 17.3 Å². The smallest absolute Gasteiger partial charge is 0.368 e. The zero-order chi connectivity index (χ0) is 20.6. The first-order chi connectivity index (χ1) is 12.9. The van der Waals surface area contributed by atoms with Gasteiger partial charge in [0, 0.05) is 5.56 Å².